The Bertz CT molecular complexity index is 388. The summed E-state index contributed by atoms with van der Waals surface area (Å²) in [6, 6.07) is 3.91. The summed E-state index contributed by atoms with van der Waals surface area (Å²) in [5.41, 5.74) is 7.69. The minimum Gasteiger partial charge on any atom is -0.368 e. The smallest absolute Gasteiger partial charge is 0.221 e. The van der Waals surface area contributed by atoms with Crippen LogP contribution in [0.15, 0.2) is 18.3 Å². The van der Waals surface area contributed by atoms with Gasteiger partial charge in [-0.05, 0) is 19.1 Å². The van der Waals surface area contributed by atoms with Crippen molar-refractivity contribution in [2.24, 2.45) is 5.73 Å². The maximum absolute atomic E-state index is 11.2. The molecular weight excluding hydrogens is 216 g/mol. The van der Waals surface area contributed by atoms with E-state index in [1.165, 1.54) is 0 Å². The molecule has 0 radical (unpaired) electrons. The maximum atomic E-state index is 11.2. The number of hydrogen-bond acceptors (Lipinski definition) is 4. The number of rotatable bonds is 2. The summed E-state index contributed by atoms with van der Waals surface area (Å²) in [5, 5.41) is 2.85. The van der Waals surface area contributed by atoms with Crippen molar-refractivity contribution in [3.63, 3.8) is 0 Å². The van der Waals surface area contributed by atoms with E-state index in [0.717, 1.165) is 24.5 Å². The molecular formula is C12H18N4O. The van der Waals surface area contributed by atoms with E-state index in [1.54, 1.807) is 0 Å². The molecule has 0 aromatic carbocycles. The number of nitrogens with one attached hydrogen (secondary N) is 1. The van der Waals surface area contributed by atoms with Crippen LogP contribution < -0.4 is 16.0 Å². The molecule has 1 aromatic heterocycles. The van der Waals surface area contributed by atoms with Crippen LogP contribution in [0.25, 0.3) is 0 Å². The SMILES string of the molecule is CC(N)c1ccc(N2CCNC(=O)CC2)cn1. The lowest BCUT2D eigenvalue weighted by molar-refractivity contribution is -0.120. The molecule has 17 heavy (non-hydrogen) atoms. The van der Waals surface area contributed by atoms with E-state index in [0.29, 0.717) is 13.0 Å². The van der Waals surface area contributed by atoms with Crippen LogP contribution in [0.3, 0.4) is 0 Å². The molecule has 0 spiro atoms. The summed E-state index contributed by atoms with van der Waals surface area (Å²) in [6.45, 7) is 4.17. The fraction of sp³-hybridized carbons (Fsp3) is 0.500. The summed E-state index contributed by atoms with van der Waals surface area (Å²) in [6.07, 6.45) is 2.36. The fourth-order valence-electron chi connectivity index (χ4n) is 1.88. The molecule has 2 rings (SSSR count). The van der Waals surface area contributed by atoms with Gasteiger partial charge in [0.05, 0.1) is 17.6 Å². The van der Waals surface area contributed by atoms with E-state index in [-0.39, 0.29) is 11.9 Å². The third-order valence-electron chi connectivity index (χ3n) is 2.92. The highest BCUT2D eigenvalue weighted by atomic mass is 16.1. The van der Waals surface area contributed by atoms with E-state index in [9.17, 15) is 4.79 Å². The van der Waals surface area contributed by atoms with Crippen LogP contribution >= 0.6 is 0 Å². The Balaban J connectivity index is 2.08. The molecule has 0 bridgehead atoms. The van der Waals surface area contributed by atoms with Crippen molar-refractivity contribution in [2.75, 3.05) is 24.5 Å². The lowest BCUT2D eigenvalue weighted by Gasteiger charge is -2.21. The first-order valence-electron chi connectivity index (χ1n) is 5.90. The minimum atomic E-state index is -0.0450. The zero-order valence-corrected chi connectivity index (χ0v) is 10.0. The molecule has 1 unspecified atom stereocenters. The Kier molecular flexibility index (Phi) is 3.58. The number of carbonyl (C=O) groups is 1. The van der Waals surface area contributed by atoms with Crippen molar-refractivity contribution in [2.45, 2.75) is 19.4 Å². The first kappa shape index (κ1) is 11.9. The third-order valence-corrected chi connectivity index (χ3v) is 2.92. The monoisotopic (exact) mass is 234 g/mol. The Labute approximate surface area is 101 Å². The number of nitrogens with two attached hydrogens (primary N) is 1. The molecule has 1 aliphatic heterocycles. The zero-order valence-electron chi connectivity index (χ0n) is 10.0. The molecule has 1 amide bonds. The highest BCUT2D eigenvalue weighted by Gasteiger charge is 2.14. The average molecular weight is 234 g/mol. The van der Waals surface area contributed by atoms with Gasteiger partial charge in [0.25, 0.3) is 0 Å². The standard InChI is InChI=1S/C12H18N4O/c1-9(13)11-3-2-10(8-15-11)16-6-4-12(17)14-5-7-16/h2-3,8-9H,4-7,13H2,1H3,(H,14,17). The van der Waals surface area contributed by atoms with Crippen LogP contribution in [-0.4, -0.2) is 30.5 Å². The Hall–Kier alpha value is -1.62. The molecule has 0 aliphatic carbocycles. The molecule has 1 aliphatic rings. The lowest BCUT2D eigenvalue weighted by Crippen LogP contribution is -2.28. The van der Waals surface area contributed by atoms with E-state index in [4.69, 9.17) is 5.73 Å². The third kappa shape index (κ3) is 2.94. The quantitative estimate of drug-likeness (QED) is 0.778. The van der Waals surface area contributed by atoms with Crippen LogP contribution in [0.5, 0.6) is 0 Å². The van der Waals surface area contributed by atoms with E-state index >= 15 is 0 Å². The van der Waals surface area contributed by atoms with Gasteiger partial charge in [0, 0.05) is 32.1 Å². The number of pyridine rings is 1. The number of carbonyl (C=O) groups excluding carboxylic acids is 1. The van der Waals surface area contributed by atoms with E-state index < -0.39 is 0 Å². The van der Waals surface area contributed by atoms with Gasteiger partial charge in [-0.15, -0.1) is 0 Å². The van der Waals surface area contributed by atoms with Crippen LogP contribution in [0.4, 0.5) is 5.69 Å². The van der Waals surface area contributed by atoms with Gasteiger partial charge in [0.2, 0.25) is 5.91 Å². The predicted molar refractivity (Wildman–Crippen MR) is 66.7 cm³/mol. The first-order chi connectivity index (χ1) is 8.16. The number of amides is 1. The largest absolute Gasteiger partial charge is 0.368 e. The van der Waals surface area contributed by atoms with Crippen molar-refractivity contribution in [3.8, 4) is 0 Å². The number of anilines is 1. The summed E-state index contributed by atoms with van der Waals surface area (Å²) < 4.78 is 0. The molecule has 1 fully saturated rings. The number of aromatic nitrogens is 1. The van der Waals surface area contributed by atoms with Crippen molar-refractivity contribution < 1.29 is 4.79 Å². The predicted octanol–water partition coefficient (Wildman–Crippen LogP) is 0.428. The second kappa shape index (κ2) is 5.14. The van der Waals surface area contributed by atoms with Crippen molar-refractivity contribution >= 4 is 11.6 Å². The number of hydrogen-bond donors (Lipinski definition) is 2. The van der Waals surface area contributed by atoms with Gasteiger partial charge >= 0.3 is 0 Å². The van der Waals surface area contributed by atoms with Gasteiger partial charge in [0.15, 0.2) is 0 Å². The van der Waals surface area contributed by atoms with Gasteiger partial charge in [-0.25, -0.2) is 0 Å². The van der Waals surface area contributed by atoms with Gasteiger partial charge in [-0.2, -0.15) is 0 Å². The van der Waals surface area contributed by atoms with Gasteiger partial charge in [0.1, 0.15) is 0 Å². The summed E-state index contributed by atoms with van der Waals surface area (Å²) in [4.78, 5) is 17.7. The Morgan fingerprint density at radius 2 is 2.29 bits per heavy atom. The fourth-order valence-corrected chi connectivity index (χ4v) is 1.88. The van der Waals surface area contributed by atoms with Crippen LogP contribution in [0.2, 0.25) is 0 Å². The second-order valence-electron chi connectivity index (χ2n) is 4.32. The average Bonchev–Trinajstić information content (AvgIpc) is 2.54. The second-order valence-corrected chi connectivity index (χ2v) is 4.32. The van der Waals surface area contributed by atoms with Crippen molar-refractivity contribution in [3.05, 3.63) is 24.0 Å². The Morgan fingerprint density at radius 3 is 2.94 bits per heavy atom. The normalized spacial score (nSPS) is 18.5. The molecule has 92 valence electrons. The van der Waals surface area contributed by atoms with Crippen molar-refractivity contribution in [1.82, 2.24) is 10.3 Å². The Morgan fingerprint density at radius 1 is 1.47 bits per heavy atom. The lowest BCUT2D eigenvalue weighted by atomic mass is 10.2. The minimum absolute atomic E-state index is 0.0450. The summed E-state index contributed by atoms with van der Waals surface area (Å²) >= 11 is 0. The molecule has 1 aromatic rings. The molecule has 1 atom stereocenters. The van der Waals surface area contributed by atoms with Gasteiger partial charge < -0.3 is 16.0 Å². The van der Waals surface area contributed by atoms with Gasteiger partial charge in [-0.3, -0.25) is 9.78 Å². The summed E-state index contributed by atoms with van der Waals surface area (Å²) in [7, 11) is 0. The van der Waals surface area contributed by atoms with Gasteiger partial charge in [-0.1, -0.05) is 0 Å². The molecule has 2 heterocycles. The van der Waals surface area contributed by atoms with E-state index in [1.807, 2.05) is 25.3 Å². The number of nitrogens with zero attached hydrogens (tertiary/aromatic N) is 2. The topological polar surface area (TPSA) is 71.2 Å². The first-order valence-corrected chi connectivity index (χ1v) is 5.90. The molecule has 0 saturated carbocycles. The van der Waals surface area contributed by atoms with Crippen LogP contribution in [0, 0.1) is 0 Å². The van der Waals surface area contributed by atoms with Crippen LogP contribution in [0.1, 0.15) is 25.1 Å². The zero-order chi connectivity index (χ0) is 12.3. The molecule has 5 heteroatoms. The van der Waals surface area contributed by atoms with Crippen molar-refractivity contribution in [1.29, 1.82) is 0 Å². The van der Waals surface area contributed by atoms with E-state index in [2.05, 4.69) is 15.2 Å². The summed E-state index contributed by atoms with van der Waals surface area (Å²) in [5.74, 6) is 0.118. The molecule has 1 saturated heterocycles. The highest BCUT2D eigenvalue weighted by Crippen LogP contribution is 2.16. The molecule has 5 nitrogen and oxygen atoms in total. The highest BCUT2D eigenvalue weighted by molar-refractivity contribution is 5.77. The maximum Gasteiger partial charge on any atom is 0.221 e. The van der Waals surface area contributed by atoms with Crippen LogP contribution in [-0.2, 0) is 4.79 Å². The molecule has 3 N–H and O–H groups in total.